The van der Waals surface area contributed by atoms with Crippen molar-refractivity contribution >= 4 is 46.2 Å². The minimum Gasteiger partial charge on any atom is -0.444 e. The summed E-state index contributed by atoms with van der Waals surface area (Å²) in [4.78, 5) is 33.5. The molecule has 2 aliphatic rings. The van der Waals surface area contributed by atoms with Crippen LogP contribution in [-0.4, -0.2) is 33.5 Å². The Kier molecular flexibility index (Phi) is 6.37. The lowest BCUT2D eigenvalue weighted by Crippen LogP contribution is -2.35. The summed E-state index contributed by atoms with van der Waals surface area (Å²) >= 11 is 7.24. The Labute approximate surface area is 200 Å². The minimum absolute atomic E-state index is 0.154. The fraction of sp³-hybridized carbons (Fsp3) is 0.391. The number of carbonyl (C=O) groups excluding carboxylic acids is 2. The summed E-state index contributed by atoms with van der Waals surface area (Å²) in [6.45, 7) is 5.34. The molecule has 2 atom stereocenters. The predicted molar refractivity (Wildman–Crippen MR) is 127 cm³/mol. The Balaban J connectivity index is 1.57. The molecular formula is C23H24ClFN4O3S. The van der Waals surface area contributed by atoms with Crippen molar-refractivity contribution in [2.75, 3.05) is 11.1 Å². The summed E-state index contributed by atoms with van der Waals surface area (Å²) in [6.07, 6.45) is 2.29. The third kappa shape index (κ3) is 5.47. The first-order valence-corrected chi connectivity index (χ1v) is 11.9. The van der Waals surface area contributed by atoms with Gasteiger partial charge in [0.2, 0.25) is 0 Å². The molecule has 2 N–H and O–H groups in total. The van der Waals surface area contributed by atoms with Gasteiger partial charge in [-0.25, -0.2) is 14.2 Å². The van der Waals surface area contributed by atoms with Crippen LogP contribution in [0.4, 0.5) is 14.9 Å². The number of ether oxygens (including phenoxy) is 1. The maximum Gasteiger partial charge on any atom is 0.413 e. The number of amides is 2. The zero-order valence-corrected chi connectivity index (χ0v) is 20.0. The first-order valence-electron chi connectivity index (χ1n) is 10.5. The largest absolute Gasteiger partial charge is 0.444 e. The number of carbonyl (C=O) groups is 2. The fourth-order valence-electron chi connectivity index (χ4n) is 3.79. The van der Waals surface area contributed by atoms with Crippen LogP contribution >= 0.6 is 23.4 Å². The zero-order valence-electron chi connectivity index (χ0n) is 18.4. The second-order valence-electron chi connectivity index (χ2n) is 9.02. The molecule has 0 radical (unpaired) electrons. The molecule has 2 amide bonds. The quantitative estimate of drug-likeness (QED) is 0.604. The van der Waals surface area contributed by atoms with Crippen LogP contribution in [0.15, 0.2) is 41.5 Å². The molecule has 0 spiro atoms. The van der Waals surface area contributed by atoms with Gasteiger partial charge in [0.1, 0.15) is 17.1 Å². The van der Waals surface area contributed by atoms with Crippen molar-refractivity contribution in [3.63, 3.8) is 0 Å². The molecule has 0 saturated heterocycles. The maximum atomic E-state index is 14.9. The van der Waals surface area contributed by atoms with Crippen LogP contribution in [0.1, 0.15) is 49.7 Å². The van der Waals surface area contributed by atoms with Gasteiger partial charge < -0.3 is 10.1 Å². The van der Waals surface area contributed by atoms with Gasteiger partial charge in [-0.05, 0) is 69.9 Å². The smallest absolute Gasteiger partial charge is 0.413 e. The van der Waals surface area contributed by atoms with Crippen LogP contribution in [0.25, 0.3) is 0 Å². The van der Waals surface area contributed by atoms with Crippen LogP contribution in [0, 0.1) is 11.7 Å². The number of fused-ring (bicyclic) bond motifs is 1. The molecule has 1 saturated carbocycles. The summed E-state index contributed by atoms with van der Waals surface area (Å²) < 4.78 is 20.3. The molecule has 2 heterocycles. The van der Waals surface area contributed by atoms with Gasteiger partial charge in [0, 0.05) is 23.2 Å². The number of aliphatic imine (C=N–C) groups is 1. The Hall–Kier alpha value is -2.65. The number of hydrogen-bond acceptors (Lipinski definition) is 6. The number of aromatic nitrogens is 1. The second kappa shape index (κ2) is 8.95. The zero-order chi connectivity index (χ0) is 23.8. The van der Waals surface area contributed by atoms with E-state index in [1.165, 1.54) is 36.2 Å². The first kappa shape index (κ1) is 23.5. The number of nitrogens with one attached hydrogen (secondary N) is 2. The lowest BCUT2D eigenvalue weighted by Gasteiger charge is -2.20. The summed E-state index contributed by atoms with van der Waals surface area (Å²) in [5.74, 6) is 0.0661. The van der Waals surface area contributed by atoms with Gasteiger partial charge in [-0.15, -0.1) is 0 Å². The van der Waals surface area contributed by atoms with Gasteiger partial charge in [-0.3, -0.25) is 15.1 Å². The second-order valence-corrected chi connectivity index (χ2v) is 10.5. The highest BCUT2D eigenvalue weighted by molar-refractivity contribution is 8.13. The molecule has 1 fully saturated rings. The van der Waals surface area contributed by atoms with E-state index < -0.39 is 29.0 Å². The third-order valence-corrected chi connectivity index (χ3v) is 6.47. The number of amidine groups is 1. The van der Waals surface area contributed by atoms with Gasteiger partial charge in [0.25, 0.3) is 5.91 Å². The van der Waals surface area contributed by atoms with Crippen molar-refractivity contribution in [3.05, 3.63) is 58.6 Å². The Morgan fingerprint density at radius 1 is 1.24 bits per heavy atom. The third-order valence-electron chi connectivity index (χ3n) is 5.34. The summed E-state index contributed by atoms with van der Waals surface area (Å²) in [5.41, 5.74) is -0.406. The van der Waals surface area contributed by atoms with Crippen molar-refractivity contribution in [3.8, 4) is 0 Å². The number of halogens is 2. The van der Waals surface area contributed by atoms with E-state index in [0.29, 0.717) is 27.9 Å². The van der Waals surface area contributed by atoms with Gasteiger partial charge in [-0.1, -0.05) is 23.4 Å². The van der Waals surface area contributed by atoms with E-state index in [1.54, 1.807) is 32.9 Å². The monoisotopic (exact) mass is 490 g/mol. The number of pyridine rings is 1. The Bertz CT molecular complexity index is 1120. The number of alkyl carbamates (subject to hydrolysis) is 1. The van der Waals surface area contributed by atoms with Crippen LogP contribution in [0.2, 0.25) is 5.02 Å². The highest BCUT2D eigenvalue weighted by Crippen LogP contribution is 2.59. The molecule has 0 unspecified atom stereocenters. The SMILES string of the molecule is CC(C)(C)OC(=O)NC1=N[C@@]2(c3cc(NC(=O)c4ccc(Cl)cn4)ccc3F)C[C@H]2CCS1. The first-order chi connectivity index (χ1) is 15.6. The summed E-state index contributed by atoms with van der Waals surface area (Å²) in [6, 6.07) is 7.51. The molecule has 174 valence electrons. The molecule has 1 aliphatic heterocycles. The molecule has 0 bridgehead atoms. The van der Waals surface area contributed by atoms with E-state index in [4.69, 9.17) is 21.3 Å². The van der Waals surface area contributed by atoms with E-state index in [9.17, 15) is 14.0 Å². The van der Waals surface area contributed by atoms with Crippen molar-refractivity contribution in [1.82, 2.24) is 10.3 Å². The number of nitrogens with zero attached hydrogens (tertiary/aromatic N) is 2. The van der Waals surface area contributed by atoms with Crippen molar-refractivity contribution in [2.45, 2.75) is 44.8 Å². The van der Waals surface area contributed by atoms with E-state index in [1.807, 2.05) is 0 Å². The predicted octanol–water partition coefficient (Wildman–Crippen LogP) is 5.36. The normalized spacial score (nSPS) is 21.8. The number of hydrogen-bond donors (Lipinski definition) is 2. The van der Waals surface area contributed by atoms with Gasteiger partial charge >= 0.3 is 6.09 Å². The van der Waals surface area contributed by atoms with Gasteiger partial charge in [0.15, 0.2) is 5.17 Å². The van der Waals surface area contributed by atoms with Crippen LogP contribution < -0.4 is 10.6 Å². The molecule has 2 aromatic rings. The average Bonchev–Trinajstić information content (AvgIpc) is 3.43. The molecule has 4 rings (SSSR count). The van der Waals surface area contributed by atoms with E-state index in [-0.39, 0.29) is 11.6 Å². The van der Waals surface area contributed by atoms with E-state index in [0.717, 1.165) is 12.2 Å². The van der Waals surface area contributed by atoms with Gasteiger partial charge in [0.05, 0.1) is 10.6 Å². The Morgan fingerprint density at radius 3 is 2.73 bits per heavy atom. The number of benzene rings is 1. The average molecular weight is 491 g/mol. The maximum absolute atomic E-state index is 14.9. The lowest BCUT2D eigenvalue weighted by atomic mass is 10.0. The number of anilines is 1. The van der Waals surface area contributed by atoms with E-state index >= 15 is 0 Å². The summed E-state index contributed by atoms with van der Waals surface area (Å²) in [5, 5.41) is 6.28. The number of thioether (sulfide) groups is 1. The van der Waals surface area contributed by atoms with Crippen molar-refractivity contribution in [2.24, 2.45) is 10.9 Å². The lowest BCUT2D eigenvalue weighted by molar-refractivity contribution is 0.0564. The number of rotatable bonds is 3. The standard InChI is InChI=1S/C23H24ClFN4O3S/c1-22(2,3)32-21(31)28-20-29-23(11-13(23)8-9-33-20)16-10-15(5-6-17(16)25)27-19(30)18-7-4-14(24)12-26-18/h4-7,10,12-13H,8-9,11H2,1-3H3,(H,27,30)(H,28,29,31)/t13-,23+/m1/s1. The highest BCUT2D eigenvalue weighted by atomic mass is 35.5. The topological polar surface area (TPSA) is 92.7 Å². The van der Waals surface area contributed by atoms with Crippen molar-refractivity contribution < 1.29 is 18.7 Å². The summed E-state index contributed by atoms with van der Waals surface area (Å²) in [7, 11) is 0. The molecule has 1 aliphatic carbocycles. The molecule has 1 aromatic carbocycles. The molecular weight excluding hydrogens is 467 g/mol. The molecule has 33 heavy (non-hydrogen) atoms. The minimum atomic E-state index is -0.781. The Morgan fingerprint density at radius 2 is 2.03 bits per heavy atom. The van der Waals surface area contributed by atoms with Crippen LogP contribution in [0.3, 0.4) is 0 Å². The highest BCUT2D eigenvalue weighted by Gasteiger charge is 2.57. The molecule has 10 heteroatoms. The molecule has 7 nitrogen and oxygen atoms in total. The van der Waals surface area contributed by atoms with Crippen LogP contribution in [0.5, 0.6) is 0 Å². The van der Waals surface area contributed by atoms with Gasteiger partial charge in [-0.2, -0.15) is 0 Å². The van der Waals surface area contributed by atoms with E-state index in [2.05, 4.69) is 15.6 Å². The van der Waals surface area contributed by atoms with Crippen LogP contribution in [-0.2, 0) is 10.3 Å². The fourth-order valence-corrected chi connectivity index (χ4v) is 4.88. The van der Waals surface area contributed by atoms with Crippen molar-refractivity contribution in [1.29, 1.82) is 0 Å². The molecule has 1 aromatic heterocycles.